The number of hydrogen-bond donors (Lipinski definition) is 1. The number of nitrogens with two attached hydrogens (primary N) is 1. The van der Waals surface area contributed by atoms with E-state index in [9.17, 15) is 0 Å². The number of nitrogens with zero attached hydrogens (tertiary/aromatic N) is 1. The van der Waals surface area contributed by atoms with Crippen LogP contribution in [0.15, 0.2) is 0 Å². The zero-order chi connectivity index (χ0) is 8.84. The summed E-state index contributed by atoms with van der Waals surface area (Å²) in [6.07, 6.45) is 5.46. The molecular weight excluding hydrogens is 160 g/mol. The van der Waals surface area contributed by atoms with Crippen LogP contribution in [0, 0.1) is 17.8 Å². The van der Waals surface area contributed by atoms with Crippen LogP contribution in [0.4, 0.5) is 0 Å². The molecule has 0 bridgehead atoms. The lowest BCUT2D eigenvalue weighted by Gasteiger charge is -2.21. The van der Waals surface area contributed by atoms with Gasteiger partial charge in [-0.2, -0.15) is 0 Å². The van der Waals surface area contributed by atoms with Crippen LogP contribution >= 0.6 is 0 Å². The SMILES string of the molecule is NC1CCC(CN2CC3CC3C2)C1. The summed E-state index contributed by atoms with van der Waals surface area (Å²) < 4.78 is 0. The van der Waals surface area contributed by atoms with E-state index in [2.05, 4.69) is 4.90 Å². The molecule has 2 saturated carbocycles. The fourth-order valence-corrected chi connectivity index (χ4v) is 3.29. The van der Waals surface area contributed by atoms with Gasteiger partial charge in [0.1, 0.15) is 0 Å². The Morgan fingerprint density at radius 3 is 2.46 bits per heavy atom. The lowest BCUT2D eigenvalue weighted by molar-refractivity contribution is 0.255. The summed E-state index contributed by atoms with van der Waals surface area (Å²) >= 11 is 0. The third-order valence-corrected chi connectivity index (χ3v) is 4.15. The minimum atomic E-state index is 0.516. The zero-order valence-electron chi connectivity index (χ0n) is 8.28. The van der Waals surface area contributed by atoms with Gasteiger partial charge in [0.15, 0.2) is 0 Å². The maximum absolute atomic E-state index is 5.92. The Morgan fingerprint density at radius 1 is 1.08 bits per heavy atom. The van der Waals surface area contributed by atoms with Crippen LogP contribution in [-0.4, -0.2) is 30.6 Å². The standard InChI is InChI=1S/C11H20N2/c12-11-2-1-8(3-11)5-13-6-9-4-10(9)7-13/h8-11H,1-7,12H2. The Hall–Kier alpha value is -0.0800. The molecule has 2 aliphatic carbocycles. The van der Waals surface area contributed by atoms with E-state index in [0.717, 1.165) is 17.8 Å². The predicted octanol–water partition coefficient (Wildman–Crippen LogP) is 1.07. The van der Waals surface area contributed by atoms with Crippen LogP contribution in [0.5, 0.6) is 0 Å². The van der Waals surface area contributed by atoms with Crippen molar-refractivity contribution < 1.29 is 0 Å². The van der Waals surface area contributed by atoms with Crippen molar-refractivity contribution in [2.24, 2.45) is 23.5 Å². The van der Waals surface area contributed by atoms with Crippen LogP contribution in [0.3, 0.4) is 0 Å². The second-order valence-corrected chi connectivity index (χ2v) is 5.41. The highest BCUT2D eigenvalue weighted by Crippen LogP contribution is 2.45. The molecule has 13 heavy (non-hydrogen) atoms. The van der Waals surface area contributed by atoms with E-state index in [1.807, 2.05) is 0 Å². The maximum Gasteiger partial charge on any atom is 0.00420 e. The second kappa shape index (κ2) is 2.96. The van der Waals surface area contributed by atoms with Crippen molar-refractivity contribution in [1.29, 1.82) is 0 Å². The molecule has 3 aliphatic rings. The fourth-order valence-electron chi connectivity index (χ4n) is 3.29. The minimum absolute atomic E-state index is 0.516. The monoisotopic (exact) mass is 180 g/mol. The van der Waals surface area contributed by atoms with Crippen LogP contribution < -0.4 is 5.73 Å². The number of fused-ring (bicyclic) bond motifs is 1. The molecule has 0 aromatic heterocycles. The first kappa shape index (κ1) is 8.25. The van der Waals surface area contributed by atoms with Gasteiger partial charge in [0.25, 0.3) is 0 Å². The minimum Gasteiger partial charge on any atom is -0.328 e. The molecule has 0 amide bonds. The average Bonchev–Trinajstić information content (AvgIpc) is 2.55. The van der Waals surface area contributed by atoms with Crippen LogP contribution in [-0.2, 0) is 0 Å². The Balaban J connectivity index is 1.47. The molecule has 2 nitrogen and oxygen atoms in total. The van der Waals surface area contributed by atoms with E-state index in [4.69, 9.17) is 5.73 Å². The van der Waals surface area contributed by atoms with Crippen molar-refractivity contribution in [3.63, 3.8) is 0 Å². The van der Waals surface area contributed by atoms with Gasteiger partial charge in [0.05, 0.1) is 0 Å². The average molecular weight is 180 g/mol. The Kier molecular flexibility index (Phi) is 1.88. The fraction of sp³-hybridized carbons (Fsp3) is 1.00. The highest BCUT2D eigenvalue weighted by molar-refractivity contribution is 4.97. The maximum atomic E-state index is 5.92. The van der Waals surface area contributed by atoms with E-state index in [-0.39, 0.29) is 0 Å². The third kappa shape index (κ3) is 1.62. The van der Waals surface area contributed by atoms with Gasteiger partial charge in [-0.25, -0.2) is 0 Å². The van der Waals surface area contributed by atoms with Crippen LogP contribution in [0.1, 0.15) is 25.7 Å². The first-order valence-electron chi connectivity index (χ1n) is 5.79. The molecule has 0 aromatic rings. The molecule has 74 valence electrons. The van der Waals surface area contributed by atoms with Gasteiger partial charge < -0.3 is 10.6 Å². The number of piperidine rings is 1. The van der Waals surface area contributed by atoms with Crippen LogP contribution in [0.25, 0.3) is 0 Å². The van der Waals surface area contributed by atoms with E-state index >= 15 is 0 Å². The van der Waals surface area contributed by atoms with Crippen molar-refractivity contribution in [2.45, 2.75) is 31.7 Å². The smallest absolute Gasteiger partial charge is 0.00420 e. The highest BCUT2D eigenvalue weighted by Gasteiger charge is 2.45. The molecular formula is C11H20N2. The Labute approximate surface area is 80.5 Å². The lowest BCUT2D eigenvalue weighted by Crippen LogP contribution is -2.28. The van der Waals surface area contributed by atoms with E-state index in [1.165, 1.54) is 45.3 Å². The van der Waals surface area contributed by atoms with Crippen molar-refractivity contribution in [1.82, 2.24) is 4.90 Å². The highest BCUT2D eigenvalue weighted by atomic mass is 15.2. The van der Waals surface area contributed by atoms with Crippen molar-refractivity contribution in [3.05, 3.63) is 0 Å². The molecule has 0 radical (unpaired) electrons. The largest absolute Gasteiger partial charge is 0.328 e. The second-order valence-electron chi connectivity index (χ2n) is 5.41. The summed E-state index contributed by atoms with van der Waals surface area (Å²) in [6, 6.07) is 0.516. The molecule has 4 atom stereocenters. The molecule has 3 fully saturated rings. The van der Waals surface area contributed by atoms with Crippen molar-refractivity contribution in [3.8, 4) is 0 Å². The van der Waals surface area contributed by atoms with Gasteiger partial charge >= 0.3 is 0 Å². The van der Waals surface area contributed by atoms with E-state index in [0.29, 0.717) is 6.04 Å². The summed E-state index contributed by atoms with van der Waals surface area (Å²) in [5, 5.41) is 0. The molecule has 2 heteroatoms. The number of hydrogen-bond acceptors (Lipinski definition) is 2. The molecule has 1 aliphatic heterocycles. The molecule has 0 spiro atoms. The first-order valence-corrected chi connectivity index (χ1v) is 5.79. The molecule has 2 N–H and O–H groups in total. The normalized spacial score (nSPS) is 49.6. The predicted molar refractivity (Wildman–Crippen MR) is 53.4 cm³/mol. The summed E-state index contributed by atoms with van der Waals surface area (Å²) in [5.74, 6) is 3.11. The Morgan fingerprint density at radius 2 is 1.85 bits per heavy atom. The van der Waals surface area contributed by atoms with Crippen LogP contribution in [0.2, 0.25) is 0 Å². The van der Waals surface area contributed by atoms with Gasteiger partial charge in [-0.05, 0) is 43.4 Å². The van der Waals surface area contributed by atoms with Crippen molar-refractivity contribution in [2.75, 3.05) is 19.6 Å². The first-order chi connectivity index (χ1) is 6.31. The summed E-state index contributed by atoms with van der Waals surface area (Å²) in [6.45, 7) is 4.15. The molecule has 4 unspecified atom stereocenters. The van der Waals surface area contributed by atoms with Gasteiger partial charge in [-0.1, -0.05) is 0 Å². The molecule has 1 saturated heterocycles. The molecule has 1 heterocycles. The molecule has 0 aromatic carbocycles. The number of rotatable bonds is 2. The van der Waals surface area contributed by atoms with Gasteiger partial charge in [0.2, 0.25) is 0 Å². The van der Waals surface area contributed by atoms with E-state index in [1.54, 1.807) is 0 Å². The zero-order valence-corrected chi connectivity index (χ0v) is 8.28. The quantitative estimate of drug-likeness (QED) is 0.688. The molecule has 3 rings (SSSR count). The van der Waals surface area contributed by atoms with Gasteiger partial charge in [-0.3, -0.25) is 0 Å². The van der Waals surface area contributed by atoms with Gasteiger partial charge in [0, 0.05) is 25.7 Å². The van der Waals surface area contributed by atoms with E-state index < -0.39 is 0 Å². The third-order valence-electron chi connectivity index (χ3n) is 4.15. The Bertz CT molecular complexity index is 189. The summed E-state index contributed by atoms with van der Waals surface area (Å²) in [4.78, 5) is 2.68. The topological polar surface area (TPSA) is 29.3 Å². The summed E-state index contributed by atoms with van der Waals surface area (Å²) in [5.41, 5.74) is 5.92. The number of likely N-dealkylation sites (tertiary alicyclic amines) is 1. The lowest BCUT2D eigenvalue weighted by atomic mass is 10.1. The van der Waals surface area contributed by atoms with Gasteiger partial charge in [-0.15, -0.1) is 0 Å². The van der Waals surface area contributed by atoms with Crippen molar-refractivity contribution >= 4 is 0 Å². The summed E-state index contributed by atoms with van der Waals surface area (Å²) in [7, 11) is 0.